The second-order valence-corrected chi connectivity index (χ2v) is 4.50. The Morgan fingerprint density at radius 3 is 2.64 bits per heavy atom. The number of unbranched alkanes of at least 4 members (excludes halogenated alkanes) is 2. The minimum atomic E-state index is 0.634. The molecule has 14 heavy (non-hydrogen) atoms. The van der Waals surface area contributed by atoms with E-state index in [4.69, 9.17) is 5.26 Å². The van der Waals surface area contributed by atoms with E-state index in [1.54, 1.807) is 0 Å². The molecule has 1 N–H and O–H groups in total. The number of hydrogen-bond acceptors (Lipinski definition) is 2. The fourth-order valence-electron chi connectivity index (χ4n) is 2.14. The molecule has 1 rings (SSSR count). The van der Waals surface area contributed by atoms with Crippen LogP contribution in [0.25, 0.3) is 0 Å². The number of hydrogen-bond donors (Lipinski definition) is 1. The third-order valence-electron chi connectivity index (χ3n) is 3.56. The molecule has 0 aromatic rings. The van der Waals surface area contributed by atoms with E-state index in [1.807, 2.05) is 0 Å². The van der Waals surface area contributed by atoms with E-state index in [9.17, 15) is 0 Å². The normalized spacial score (nSPS) is 18.6. The second-order valence-electron chi connectivity index (χ2n) is 4.50. The summed E-state index contributed by atoms with van der Waals surface area (Å²) in [6.07, 6.45) is 8.46. The number of nitrogens with one attached hydrogen (secondary N) is 1. The highest BCUT2D eigenvalue weighted by molar-refractivity contribution is 4.88. The number of nitrogens with zero attached hydrogens (tertiary/aromatic N) is 1. The van der Waals surface area contributed by atoms with Crippen LogP contribution in [0, 0.1) is 16.7 Å². The molecule has 0 aromatic carbocycles. The van der Waals surface area contributed by atoms with Gasteiger partial charge in [-0.25, -0.2) is 0 Å². The number of nitriles is 1. The molecule has 0 bridgehead atoms. The molecule has 0 amide bonds. The third-order valence-corrected chi connectivity index (χ3v) is 3.56. The Hall–Kier alpha value is -0.550. The predicted molar refractivity (Wildman–Crippen MR) is 58.9 cm³/mol. The van der Waals surface area contributed by atoms with Gasteiger partial charge in [0.2, 0.25) is 0 Å². The van der Waals surface area contributed by atoms with Crippen LogP contribution in [0.1, 0.15) is 51.9 Å². The van der Waals surface area contributed by atoms with Crippen LogP contribution in [0.15, 0.2) is 0 Å². The van der Waals surface area contributed by atoms with Crippen LogP contribution in [0.4, 0.5) is 0 Å². The van der Waals surface area contributed by atoms with Crippen molar-refractivity contribution in [1.29, 1.82) is 5.26 Å². The number of rotatable bonds is 7. The van der Waals surface area contributed by atoms with Crippen molar-refractivity contribution in [3.8, 4) is 6.07 Å². The molecule has 0 atom stereocenters. The zero-order chi connectivity index (χ0) is 10.3. The Morgan fingerprint density at radius 1 is 1.36 bits per heavy atom. The minimum absolute atomic E-state index is 0.634. The van der Waals surface area contributed by atoms with E-state index >= 15 is 0 Å². The molecular weight excluding hydrogens is 172 g/mol. The lowest BCUT2D eigenvalue weighted by Gasteiger charge is -2.41. The summed E-state index contributed by atoms with van der Waals surface area (Å²) in [5.41, 5.74) is 0.634. The lowest BCUT2D eigenvalue weighted by molar-refractivity contribution is 0.124. The van der Waals surface area contributed by atoms with Gasteiger partial charge in [0.1, 0.15) is 0 Å². The lowest BCUT2D eigenvalue weighted by atomic mass is 9.67. The van der Waals surface area contributed by atoms with Gasteiger partial charge in [0.15, 0.2) is 0 Å². The summed E-state index contributed by atoms with van der Waals surface area (Å²) in [5.74, 6) is 0. The lowest BCUT2D eigenvalue weighted by Crippen LogP contribution is -2.39. The molecule has 0 aliphatic heterocycles. The van der Waals surface area contributed by atoms with Crippen molar-refractivity contribution in [2.45, 2.75) is 51.9 Å². The van der Waals surface area contributed by atoms with Gasteiger partial charge in [0.25, 0.3) is 0 Å². The van der Waals surface area contributed by atoms with Gasteiger partial charge >= 0.3 is 0 Å². The monoisotopic (exact) mass is 194 g/mol. The van der Waals surface area contributed by atoms with Gasteiger partial charge in [0.05, 0.1) is 6.07 Å². The van der Waals surface area contributed by atoms with E-state index in [0.717, 1.165) is 19.4 Å². The molecule has 1 saturated carbocycles. The molecule has 0 aromatic heterocycles. The molecule has 0 radical (unpaired) electrons. The van der Waals surface area contributed by atoms with E-state index < -0.39 is 0 Å². The van der Waals surface area contributed by atoms with Crippen molar-refractivity contribution in [3.63, 3.8) is 0 Å². The van der Waals surface area contributed by atoms with E-state index in [-0.39, 0.29) is 0 Å². The highest BCUT2D eigenvalue weighted by Gasteiger charge is 2.34. The van der Waals surface area contributed by atoms with Crippen LogP contribution < -0.4 is 5.32 Å². The predicted octanol–water partition coefficient (Wildman–Crippen LogP) is 2.85. The average Bonchev–Trinajstić information content (AvgIpc) is 2.15. The molecular formula is C12H22N2. The van der Waals surface area contributed by atoms with E-state index in [2.05, 4.69) is 18.3 Å². The fourth-order valence-corrected chi connectivity index (χ4v) is 2.14. The zero-order valence-electron chi connectivity index (χ0n) is 9.31. The van der Waals surface area contributed by atoms with E-state index in [0.29, 0.717) is 11.8 Å². The Morgan fingerprint density at radius 2 is 2.14 bits per heavy atom. The third kappa shape index (κ3) is 3.31. The van der Waals surface area contributed by atoms with Crippen LogP contribution >= 0.6 is 0 Å². The molecule has 2 nitrogen and oxygen atoms in total. The summed E-state index contributed by atoms with van der Waals surface area (Å²) in [4.78, 5) is 0. The maximum absolute atomic E-state index is 8.37. The van der Waals surface area contributed by atoms with Gasteiger partial charge in [-0.05, 0) is 44.1 Å². The largest absolute Gasteiger partial charge is 0.316 e. The SMILES string of the molecule is CCC1(CNCCCCC#N)CCC1. The molecule has 0 spiro atoms. The molecule has 2 heteroatoms. The highest BCUT2D eigenvalue weighted by Crippen LogP contribution is 2.42. The highest BCUT2D eigenvalue weighted by atomic mass is 14.9. The Balaban J connectivity index is 1.95. The summed E-state index contributed by atoms with van der Waals surface area (Å²) < 4.78 is 0. The first-order chi connectivity index (χ1) is 6.83. The first-order valence-corrected chi connectivity index (χ1v) is 5.91. The van der Waals surface area contributed by atoms with Crippen molar-refractivity contribution in [1.82, 2.24) is 5.32 Å². The Labute approximate surface area is 87.7 Å². The van der Waals surface area contributed by atoms with Crippen molar-refractivity contribution < 1.29 is 0 Å². The van der Waals surface area contributed by atoms with Crippen molar-refractivity contribution in [2.24, 2.45) is 5.41 Å². The summed E-state index contributed by atoms with van der Waals surface area (Å²) in [5, 5.41) is 11.9. The molecule has 80 valence electrons. The quantitative estimate of drug-likeness (QED) is 0.633. The Kier molecular flexibility index (Phi) is 4.97. The van der Waals surface area contributed by atoms with Crippen molar-refractivity contribution >= 4 is 0 Å². The maximum atomic E-state index is 8.37. The van der Waals surface area contributed by atoms with Crippen LogP contribution in [-0.4, -0.2) is 13.1 Å². The molecule has 1 aliphatic carbocycles. The van der Waals surface area contributed by atoms with Crippen LogP contribution in [0.2, 0.25) is 0 Å². The summed E-state index contributed by atoms with van der Waals surface area (Å²) in [7, 11) is 0. The van der Waals surface area contributed by atoms with Gasteiger partial charge < -0.3 is 5.32 Å². The molecule has 1 fully saturated rings. The van der Waals surface area contributed by atoms with Gasteiger partial charge in [-0.1, -0.05) is 13.3 Å². The zero-order valence-corrected chi connectivity index (χ0v) is 9.31. The van der Waals surface area contributed by atoms with Crippen molar-refractivity contribution in [2.75, 3.05) is 13.1 Å². The van der Waals surface area contributed by atoms with Gasteiger partial charge in [-0.3, -0.25) is 0 Å². The second kappa shape index (κ2) is 6.03. The summed E-state index contributed by atoms with van der Waals surface area (Å²) in [6, 6.07) is 2.18. The van der Waals surface area contributed by atoms with Crippen LogP contribution in [0.5, 0.6) is 0 Å². The van der Waals surface area contributed by atoms with Gasteiger partial charge in [-0.15, -0.1) is 0 Å². The topological polar surface area (TPSA) is 35.8 Å². The average molecular weight is 194 g/mol. The molecule has 0 unspecified atom stereocenters. The standard InChI is InChI=1S/C12H22N2/c1-2-12(7-6-8-12)11-14-10-5-3-4-9-13/h14H,2-8,10-11H2,1H3. The van der Waals surface area contributed by atoms with Gasteiger partial charge in [0, 0.05) is 13.0 Å². The van der Waals surface area contributed by atoms with Crippen LogP contribution in [-0.2, 0) is 0 Å². The first-order valence-electron chi connectivity index (χ1n) is 5.91. The smallest absolute Gasteiger partial charge is 0.0621 e. The van der Waals surface area contributed by atoms with Gasteiger partial charge in [-0.2, -0.15) is 5.26 Å². The minimum Gasteiger partial charge on any atom is -0.316 e. The Bertz CT molecular complexity index is 183. The fraction of sp³-hybridized carbons (Fsp3) is 0.917. The van der Waals surface area contributed by atoms with E-state index in [1.165, 1.54) is 32.2 Å². The first kappa shape index (κ1) is 11.5. The molecule has 0 saturated heterocycles. The summed E-state index contributed by atoms with van der Waals surface area (Å²) >= 11 is 0. The van der Waals surface area contributed by atoms with Crippen molar-refractivity contribution in [3.05, 3.63) is 0 Å². The molecule has 1 aliphatic rings. The molecule has 0 heterocycles. The summed E-state index contributed by atoms with van der Waals surface area (Å²) in [6.45, 7) is 4.58. The van der Waals surface area contributed by atoms with Crippen LogP contribution in [0.3, 0.4) is 0 Å². The maximum Gasteiger partial charge on any atom is 0.0621 e.